The molecule has 0 atom stereocenters. The van der Waals surface area contributed by atoms with E-state index >= 15 is 0 Å². The Morgan fingerprint density at radius 2 is 2.27 bits per heavy atom. The Labute approximate surface area is 106 Å². The minimum atomic E-state index is -0.239. The SMILES string of the molecule is NC(=S)CC(=O)Nc1ccc(Cl)c(Br)c1. The highest BCUT2D eigenvalue weighted by Crippen LogP contribution is 2.25. The Balaban J connectivity index is 2.69. The molecule has 0 spiro atoms. The molecule has 3 N–H and O–H groups in total. The van der Waals surface area contributed by atoms with Crippen LogP contribution in [0, 0.1) is 0 Å². The van der Waals surface area contributed by atoms with Crippen LogP contribution in [0.2, 0.25) is 5.02 Å². The van der Waals surface area contributed by atoms with Crippen LogP contribution in [0.3, 0.4) is 0 Å². The molecule has 1 amide bonds. The van der Waals surface area contributed by atoms with Crippen LogP contribution < -0.4 is 11.1 Å². The molecule has 80 valence electrons. The number of anilines is 1. The Bertz CT molecular complexity index is 411. The molecule has 1 aromatic carbocycles. The Morgan fingerprint density at radius 1 is 1.60 bits per heavy atom. The molecule has 0 aromatic heterocycles. The van der Waals surface area contributed by atoms with Crippen LogP contribution in [0.1, 0.15) is 6.42 Å². The van der Waals surface area contributed by atoms with Crippen LogP contribution in [0.4, 0.5) is 5.69 Å². The topological polar surface area (TPSA) is 55.1 Å². The third-order valence-electron chi connectivity index (χ3n) is 1.54. The van der Waals surface area contributed by atoms with Crippen molar-refractivity contribution >= 4 is 56.3 Å². The van der Waals surface area contributed by atoms with E-state index in [2.05, 4.69) is 33.5 Å². The molecule has 0 aliphatic rings. The monoisotopic (exact) mass is 306 g/mol. The van der Waals surface area contributed by atoms with Gasteiger partial charge in [0, 0.05) is 10.2 Å². The van der Waals surface area contributed by atoms with Gasteiger partial charge in [0.15, 0.2) is 0 Å². The first-order chi connectivity index (χ1) is 6.99. The first-order valence-corrected chi connectivity index (χ1v) is 5.60. The third-order valence-corrected chi connectivity index (χ3v) is 2.90. The minimum absolute atomic E-state index is 0.0373. The second-order valence-corrected chi connectivity index (χ2v) is 4.61. The van der Waals surface area contributed by atoms with Crippen LogP contribution in [0.25, 0.3) is 0 Å². The average molecular weight is 308 g/mol. The predicted octanol–water partition coefficient (Wildman–Crippen LogP) is 2.72. The Kier molecular flexibility index (Phi) is 4.50. The highest BCUT2D eigenvalue weighted by atomic mass is 79.9. The predicted molar refractivity (Wildman–Crippen MR) is 69.2 cm³/mol. The van der Waals surface area contributed by atoms with Crippen LogP contribution in [0.15, 0.2) is 22.7 Å². The summed E-state index contributed by atoms with van der Waals surface area (Å²) in [6.45, 7) is 0. The number of amides is 1. The number of carbonyl (C=O) groups is 1. The van der Waals surface area contributed by atoms with Gasteiger partial charge in [0.2, 0.25) is 5.91 Å². The summed E-state index contributed by atoms with van der Waals surface area (Å²) < 4.78 is 0.720. The fourth-order valence-corrected chi connectivity index (χ4v) is 1.56. The van der Waals surface area contributed by atoms with E-state index in [1.165, 1.54) is 0 Å². The van der Waals surface area contributed by atoms with E-state index in [0.717, 1.165) is 4.47 Å². The molecular weight excluding hydrogens is 300 g/mol. The lowest BCUT2D eigenvalue weighted by molar-refractivity contribution is -0.115. The summed E-state index contributed by atoms with van der Waals surface area (Å²) in [5.74, 6) is -0.239. The standard InChI is InChI=1S/C9H8BrClN2OS/c10-6-3-5(1-2-7(6)11)13-9(14)4-8(12)15/h1-3H,4H2,(H2,12,15)(H,13,14). The van der Waals surface area contributed by atoms with Crippen molar-refractivity contribution in [3.8, 4) is 0 Å². The van der Waals surface area contributed by atoms with Gasteiger partial charge in [0.25, 0.3) is 0 Å². The molecule has 15 heavy (non-hydrogen) atoms. The molecular formula is C9H8BrClN2OS. The van der Waals surface area contributed by atoms with Crippen molar-refractivity contribution in [2.45, 2.75) is 6.42 Å². The molecule has 6 heteroatoms. The number of hydrogen-bond acceptors (Lipinski definition) is 2. The quantitative estimate of drug-likeness (QED) is 0.844. The highest BCUT2D eigenvalue weighted by Gasteiger charge is 2.05. The van der Waals surface area contributed by atoms with Gasteiger partial charge in [-0.15, -0.1) is 0 Å². The number of hydrogen-bond donors (Lipinski definition) is 2. The smallest absolute Gasteiger partial charge is 0.231 e. The summed E-state index contributed by atoms with van der Waals surface area (Å²) in [4.78, 5) is 11.5. The second kappa shape index (κ2) is 5.44. The highest BCUT2D eigenvalue weighted by molar-refractivity contribution is 9.10. The van der Waals surface area contributed by atoms with Gasteiger partial charge in [-0.3, -0.25) is 4.79 Å². The van der Waals surface area contributed by atoms with E-state index in [1.807, 2.05) is 0 Å². The van der Waals surface area contributed by atoms with E-state index < -0.39 is 0 Å². The van der Waals surface area contributed by atoms with Crippen LogP contribution >= 0.6 is 39.7 Å². The maximum Gasteiger partial charge on any atom is 0.231 e. The second-order valence-electron chi connectivity index (χ2n) is 2.82. The van der Waals surface area contributed by atoms with Gasteiger partial charge in [-0.1, -0.05) is 23.8 Å². The van der Waals surface area contributed by atoms with Gasteiger partial charge in [0.1, 0.15) is 0 Å². The summed E-state index contributed by atoms with van der Waals surface area (Å²) in [6.07, 6.45) is 0.0373. The van der Waals surface area contributed by atoms with Gasteiger partial charge in [0.05, 0.1) is 16.4 Å². The van der Waals surface area contributed by atoms with E-state index in [4.69, 9.17) is 17.3 Å². The number of rotatable bonds is 3. The summed E-state index contributed by atoms with van der Waals surface area (Å²) in [6, 6.07) is 5.09. The lowest BCUT2D eigenvalue weighted by Gasteiger charge is -2.05. The Hall–Kier alpha value is -0.650. The van der Waals surface area contributed by atoms with Crippen molar-refractivity contribution in [3.63, 3.8) is 0 Å². The van der Waals surface area contributed by atoms with E-state index in [9.17, 15) is 4.79 Å². The van der Waals surface area contributed by atoms with Crippen molar-refractivity contribution < 1.29 is 4.79 Å². The zero-order valence-corrected chi connectivity index (χ0v) is 10.7. The molecule has 0 radical (unpaired) electrons. The average Bonchev–Trinajstić information content (AvgIpc) is 2.10. The van der Waals surface area contributed by atoms with Crippen LogP contribution in [-0.4, -0.2) is 10.9 Å². The first-order valence-electron chi connectivity index (χ1n) is 4.02. The molecule has 3 nitrogen and oxygen atoms in total. The third kappa shape index (κ3) is 4.15. The molecule has 0 fully saturated rings. The number of nitrogens with two attached hydrogens (primary N) is 1. The van der Waals surface area contributed by atoms with Crippen molar-refractivity contribution in [2.75, 3.05) is 5.32 Å². The van der Waals surface area contributed by atoms with E-state index in [0.29, 0.717) is 10.7 Å². The molecule has 0 aliphatic carbocycles. The van der Waals surface area contributed by atoms with Crippen molar-refractivity contribution in [1.29, 1.82) is 0 Å². The Morgan fingerprint density at radius 3 is 2.80 bits per heavy atom. The summed E-state index contributed by atoms with van der Waals surface area (Å²) in [7, 11) is 0. The molecule has 0 unspecified atom stereocenters. The van der Waals surface area contributed by atoms with Gasteiger partial charge in [-0.05, 0) is 34.1 Å². The zero-order valence-electron chi connectivity index (χ0n) is 7.59. The number of thiocarbonyl (C=S) groups is 1. The summed E-state index contributed by atoms with van der Waals surface area (Å²) in [5.41, 5.74) is 5.89. The number of benzene rings is 1. The van der Waals surface area contributed by atoms with Crippen molar-refractivity contribution in [2.24, 2.45) is 5.73 Å². The largest absolute Gasteiger partial charge is 0.393 e. The van der Waals surface area contributed by atoms with E-state index in [1.54, 1.807) is 18.2 Å². The van der Waals surface area contributed by atoms with Gasteiger partial charge < -0.3 is 11.1 Å². The first kappa shape index (κ1) is 12.4. The fourth-order valence-electron chi connectivity index (χ4n) is 0.937. The number of nitrogens with one attached hydrogen (secondary N) is 1. The molecule has 1 rings (SSSR count). The minimum Gasteiger partial charge on any atom is -0.393 e. The zero-order chi connectivity index (χ0) is 11.4. The molecule has 0 bridgehead atoms. The lowest BCUT2D eigenvalue weighted by Crippen LogP contribution is -2.20. The molecule has 1 aromatic rings. The normalized spacial score (nSPS) is 9.73. The lowest BCUT2D eigenvalue weighted by atomic mass is 10.3. The maximum atomic E-state index is 11.3. The van der Waals surface area contributed by atoms with Gasteiger partial charge >= 0.3 is 0 Å². The van der Waals surface area contributed by atoms with Gasteiger partial charge in [-0.25, -0.2) is 0 Å². The maximum absolute atomic E-state index is 11.3. The van der Waals surface area contributed by atoms with Crippen LogP contribution in [-0.2, 0) is 4.79 Å². The number of halogens is 2. The fraction of sp³-hybridized carbons (Fsp3) is 0.111. The molecule has 0 saturated carbocycles. The summed E-state index contributed by atoms with van der Waals surface area (Å²) >= 11 is 13.7. The van der Waals surface area contributed by atoms with Crippen LogP contribution in [0.5, 0.6) is 0 Å². The summed E-state index contributed by atoms with van der Waals surface area (Å²) in [5, 5.41) is 3.23. The van der Waals surface area contributed by atoms with Gasteiger partial charge in [-0.2, -0.15) is 0 Å². The molecule has 0 heterocycles. The van der Waals surface area contributed by atoms with Crippen molar-refractivity contribution in [3.05, 3.63) is 27.7 Å². The van der Waals surface area contributed by atoms with Crippen molar-refractivity contribution in [1.82, 2.24) is 0 Å². The molecule has 0 aliphatic heterocycles. The molecule has 0 saturated heterocycles. The van der Waals surface area contributed by atoms with E-state index in [-0.39, 0.29) is 17.3 Å². The number of carbonyl (C=O) groups excluding carboxylic acids is 1.